The van der Waals surface area contributed by atoms with Crippen LogP contribution in [0.4, 0.5) is 5.69 Å². The second-order valence-corrected chi connectivity index (χ2v) is 8.07. The van der Waals surface area contributed by atoms with Crippen molar-refractivity contribution in [1.29, 1.82) is 5.26 Å². The highest BCUT2D eigenvalue weighted by molar-refractivity contribution is 6.16. The van der Waals surface area contributed by atoms with Gasteiger partial charge in [0.25, 0.3) is 5.91 Å². The normalized spacial score (nSPS) is 15.1. The van der Waals surface area contributed by atoms with E-state index in [1.807, 2.05) is 36.4 Å². The summed E-state index contributed by atoms with van der Waals surface area (Å²) in [7, 11) is 0. The molecule has 1 amide bonds. The summed E-state index contributed by atoms with van der Waals surface area (Å²) in [6.07, 6.45) is 0.541. The molecular weight excluding hydrogens is 444 g/mol. The first-order valence-corrected chi connectivity index (χ1v) is 11.0. The minimum absolute atomic E-state index is 0.0183. The molecular formula is C28H22N2O5. The Kier molecular flexibility index (Phi) is 6.74. The Morgan fingerprint density at radius 1 is 1.03 bits per heavy atom. The van der Waals surface area contributed by atoms with E-state index in [2.05, 4.69) is 0 Å². The molecule has 3 aromatic carbocycles. The van der Waals surface area contributed by atoms with Crippen molar-refractivity contribution in [1.82, 2.24) is 0 Å². The lowest BCUT2D eigenvalue weighted by Gasteiger charge is -2.27. The van der Waals surface area contributed by atoms with E-state index in [0.29, 0.717) is 23.2 Å². The fraction of sp³-hybridized carbons (Fsp3) is 0.143. The van der Waals surface area contributed by atoms with Gasteiger partial charge in [0.05, 0.1) is 23.2 Å². The summed E-state index contributed by atoms with van der Waals surface area (Å²) in [6, 6.07) is 23.3. The van der Waals surface area contributed by atoms with E-state index >= 15 is 0 Å². The van der Waals surface area contributed by atoms with Crippen molar-refractivity contribution in [2.45, 2.75) is 25.8 Å². The molecule has 1 unspecified atom stereocenters. The Morgan fingerprint density at radius 3 is 2.40 bits per heavy atom. The SMILES string of the molecule is CC(=O)Oc1cccc(C2C(C(=O)CCc3ccccc3)=C(O)C(=O)N2c2ccc(C#N)cc2)c1. The van der Waals surface area contributed by atoms with E-state index in [-0.39, 0.29) is 23.5 Å². The van der Waals surface area contributed by atoms with Crippen LogP contribution in [0.1, 0.15) is 36.1 Å². The molecule has 4 rings (SSSR count). The zero-order chi connectivity index (χ0) is 24.9. The fourth-order valence-corrected chi connectivity index (χ4v) is 4.12. The number of Topliss-reactive ketones (excluding diaryl/α,β-unsaturated/α-hetero) is 1. The predicted octanol–water partition coefficient (Wildman–Crippen LogP) is 4.59. The van der Waals surface area contributed by atoms with Crippen molar-refractivity contribution >= 4 is 23.3 Å². The number of ketones is 1. The Bertz CT molecular complexity index is 1350. The molecule has 0 saturated heterocycles. The second kappa shape index (κ2) is 10.1. The number of nitriles is 1. The predicted molar refractivity (Wildman–Crippen MR) is 129 cm³/mol. The molecule has 0 aliphatic carbocycles. The second-order valence-electron chi connectivity index (χ2n) is 8.07. The molecule has 1 N–H and O–H groups in total. The molecule has 1 aliphatic heterocycles. The molecule has 0 aromatic heterocycles. The van der Waals surface area contributed by atoms with Crippen LogP contribution in [0.15, 0.2) is 90.2 Å². The maximum absolute atomic E-state index is 13.4. The van der Waals surface area contributed by atoms with Gasteiger partial charge >= 0.3 is 5.97 Å². The lowest BCUT2D eigenvalue weighted by molar-refractivity contribution is -0.132. The third kappa shape index (κ3) is 4.97. The van der Waals surface area contributed by atoms with Crippen LogP contribution in [0.2, 0.25) is 0 Å². The molecule has 1 atom stereocenters. The highest BCUT2D eigenvalue weighted by Crippen LogP contribution is 2.42. The summed E-state index contributed by atoms with van der Waals surface area (Å²) in [5.74, 6) is -1.95. The number of hydrogen-bond acceptors (Lipinski definition) is 6. The zero-order valence-electron chi connectivity index (χ0n) is 19.0. The quantitative estimate of drug-likeness (QED) is 0.403. The van der Waals surface area contributed by atoms with Gasteiger partial charge in [-0.15, -0.1) is 0 Å². The summed E-state index contributed by atoms with van der Waals surface area (Å²) >= 11 is 0. The molecule has 35 heavy (non-hydrogen) atoms. The highest BCUT2D eigenvalue weighted by atomic mass is 16.5. The number of nitrogens with zero attached hydrogens (tertiary/aromatic N) is 2. The van der Waals surface area contributed by atoms with Gasteiger partial charge in [0.1, 0.15) is 5.75 Å². The van der Waals surface area contributed by atoms with Gasteiger partial charge in [-0.25, -0.2) is 0 Å². The van der Waals surface area contributed by atoms with Crippen LogP contribution < -0.4 is 9.64 Å². The zero-order valence-corrected chi connectivity index (χ0v) is 19.0. The number of carbonyl (C=O) groups is 3. The first kappa shape index (κ1) is 23.5. The van der Waals surface area contributed by atoms with Crippen LogP contribution in [0, 0.1) is 11.3 Å². The fourth-order valence-electron chi connectivity index (χ4n) is 4.12. The summed E-state index contributed by atoms with van der Waals surface area (Å²) in [6.45, 7) is 1.28. The number of ether oxygens (including phenoxy) is 1. The lowest BCUT2D eigenvalue weighted by Crippen LogP contribution is -2.31. The average molecular weight is 466 g/mol. The number of hydrogen-bond donors (Lipinski definition) is 1. The maximum atomic E-state index is 13.4. The van der Waals surface area contributed by atoms with E-state index in [0.717, 1.165) is 5.56 Å². The molecule has 1 aliphatic rings. The van der Waals surface area contributed by atoms with Crippen molar-refractivity contribution in [2.75, 3.05) is 4.90 Å². The third-order valence-electron chi connectivity index (χ3n) is 5.70. The van der Waals surface area contributed by atoms with Crippen LogP contribution in [0.25, 0.3) is 0 Å². The van der Waals surface area contributed by atoms with Crippen LogP contribution in [-0.2, 0) is 20.8 Å². The monoisotopic (exact) mass is 466 g/mol. The summed E-state index contributed by atoms with van der Waals surface area (Å²) in [5.41, 5.74) is 2.26. The van der Waals surface area contributed by atoms with Gasteiger partial charge in [-0.05, 0) is 53.9 Å². The number of amides is 1. The minimum Gasteiger partial charge on any atom is -0.503 e. The first-order chi connectivity index (χ1) is 16.9. The molecule has 7 heteroatoms. The highest BCUT2D eigenvalue weighted by Gasteiger charge is 2.44. The Hall–Kier alpha value is -4.70. The van der Waals surface area contributed by atoms with Gasteiger partial charge in [0.15, 0.2) is 11.5 Å². The summed E-state index contributed by atoms with van der Waals surface area (Å²) in [5, 5.41) is 20.0. The van der Waals surface area contributed by atoms with E-state index in [4.69, 9.17) is 10.00 Å². The van der Waals surface area contributed by atoms with E-state index in [1.54, 1.807) is 48.5 Å². The molecule has 3 aromatic rings. The lowest BCUT2D eigenvalue weighted by atomic mass is 9.93. The number of anilines is 1. The van der Waals surface area contributed by atoms with Crippen LogP contribution in [-0.4, -0.2) is 22.8 Å². The topological polar surface area (TPSA) is 108 Å². The molecule has 7 nitrogen and oxygen atoms in total. The van der Waals surface area contributed by atoms with Gasteiger partial charge in [-0.1, -0.05) is 42.5 Å². The number of aryl methyl sites for hydroxylation is 1. The Morgan fingerprint density at radius 2 is 1.74 bits per heavy atom. The van der Waals surface area contributed by atoms with Crippen LogP contribution >= 0.6 is 0 Å². The molecule has 0 fully saturated rings. The van der Waals surface area contributed by atoms with Crippen LogP contribution in [0.3, 0.4) is 0 Å². The Labute approximate surface area is 202 Å². The van der Waals surface area contributed by atoms with Crippen LogP contribution in [0.5, 0.6) is 5.75 Å². The number of carbonyl (C=O) groups excluding carboxylic acids is 3. The minimum atomic E-state index is -0.936. The number of aliphatic hydroxyl groups excluding tert-OH is 1. The Balaban J connectivity index is 1.75. The van der Waals surface area contributed by atoms with Crippen molar-refractivity contribution in [2.24, 2.45) is 0 Å². The van der Waals surface area contributed by atoms with E-state index in [9.17, 15) is 19.5 Å². The first-order valence-electron chi connectivity index (χ1n) is 11.0. The molecule has 0 radical (unpaired) electrons. The molecule has 0 bridgehead atoms. The largest absolute Gasteiger partial charge is 0.503 e. The van der Waals surface area contributed by atoms with Gasteiger partial charge in [-0.2, -0.15) is 5.26 Å². The third-order valence-corrected chi connectivity index (χ3v) is 5.70. The molecule has 174 valence electrons. The number of aliphatic hydroxyl groups is 1. The van der Waals surface area contributed by atoms with Crippen molar-refractivity contribution in [3.05, 3.63) is 107 Å². The number of benzene rings is 3. The van der Waals surface area contributed by atoms with E-state index < -0.39 is 23.7 Å². The van der Waals surface area contributed by atoms with Crippen molar-refractivity contribution in [3.8, 4) is 11.8 Å². The van der Waals surface area contributed by atoms with Gasteiger partial charge in [0.2, 0.25) is 0 Å². The smallest absolute Gasteiger partial charge is 0.308 e. The standard InChI is InChI=1S/C28H22N2O5/c1-18(31)35-23-9-5-8-21(16-23)26-25(24(32)15-12-19-6-3-2-4-7-19)27(33)28(34)30(26)22-13-10-20(17-29)11-14-22/h2-11,13-14,16,26,33H,12,15H2,1H3. The molecule has 0 saturated carbocycles. The molecule has 1 heterocycles. The van der Waals surface area contributed by atoms with E-state index in [1.165, 1.54) is 11.8 Å². The van der Waals surface area contributed by atoms with Gasteiger partial charge in [-0.3, -0.25) is 19.3 Å². The van der Waals surface area contributed by atoms with Gasteiger partial charge in [0, 0.05) is 19.0 Å². The average Bonchev–Trinajstić information content (AvgIpc) is 3.13. The van der Waals surface area contributed by atoms with Crippen molar-refractivity contribution < 1.29 is 24.2 Å². The number of esters is 1. The van der Waals surface area contributed by atoms with Crippen molar-refractivity contribution in [3.63, 3.8) is 0 Å². The summed E-state index contributed by atoms with van der Waals surface area (Å²) < 4.78 is 5.20. The molecule has 0 spiro atoms. The summed E-state index contributed by atoms with van der Waals surface area (Å²) in [4.78, 5) is 39.4. The maximum Gasteiger partial charge on any atom is 0.308 e. The number of rotatable bonds is 7. The van der Waals surface area contributed by atoms with Gasteiger partial charge < -0.3 is 9.84 Å².